The van der Waals surface area contributed by atoms with E-state index in [9.17, 15) is 4.79 Å². The highest BCUT2D eigenvalue weighted by Gasteiger charge is 2.27. The van der Waals surface area contributed by atoms with Crippen LogP contribution in [0.1, 0.15) is 56.2 Å². The van der Waals surface area contributed by atoms with Gasteiger partial charge in [0.25, 0.3) is 5.91 Å². The van der Waals surface area contributed by atoms with Gasteiger partial charge in [0.1, 0.15) is 5.82 Å². The molecule has 1 saturated heterocycles. The molecular weight excluding hydrogens is 458 g/mol. The number of amides is 1. The number of halogens is 1. The zero-order chi connectivity index (χ0) is 25.5. The normalized spacial score (nSPS) is 19.1. The molecule has 2 N–H and O–H groups in total. The Kier molecular flexibility index (Phi) is 6.98. The van der Waals surface area contributed by atoms with E-state index >= 15 is 0 Å². The summed E-state index contributed by atoms with van der Waals surface area (Å²) in [4.78, 5) is 25.8. The van der Waals surface area contributed by atoms with Crippen molar-refractivity contribution < 1.29 is 4.79 Å². The highest BCUT2D eigenvalue weighted by atomic mass is 35.5. The van der Waals surface area contributed by atoms with Crippen LogP contribution in [0.25, 0.3) is 11.4 Å². The van der Waals surface area contributed by atoms with E-state index in [-0.39, 0.29) is 11.3 Å². The van der Waals surface area contributed by atoms with Gasteiger partial charge in [0, 0.05) is 65.0 Å². The first-order valence-corrected chi connectivity index (χ1v) is 12.6. The van der Waals surface area contributed by atoms with Crippen LogP contribution in [0.5, 0.6) is 0 Å². The monoisotopic (exact) mass is 493 g/mol. The number of carbonyl (C=O) groups excluding carboxylic acids is 1. The predicted octanol–water partition coefficient (Wildman–Crippen LogP) is 6.12. The smallest absolute Gasteiger partial charge is 0.255 e. The third-order valence-electron chi connectivity index (χ3n) is 7.04. The van der Waals surface area contributed by atoms with E-state index in [1.165, 1.54) is 0 Å². The van der Waals surface area contributed by atoms with E-state index in [1.807, 2.05) is 31.3 Å². The minimum atomic E-state index is -0.141. The number of benzene rings is 2. The van der Waals surface area contributed by atoms with Crippen molar-refractivity contribution in [1.29, 1.82) is 0 Å². The molecule has 6 nitrogen and oxygen atoms in total. The summed E-state index contributed by atoms with van der Waals surface area (Å²) in [5.41, 5.74) is 5.18. The summed E-state index contributed by atoms with van der Waals surface area (Å²) < 4.78 is 0. The van der Waals surface area contributed by atoms with Crippen molar-refractivity contribution in [3.05, 3.63) is 64.4 Å². The number of piperazine rings is 1. The molecule has 0 spiro atoms. The summed E-state index contributed by atoms with van der Waals surface area (Å²) in [6.45, 7) is 14.8. The second-order valence-electron chi connectivity index (χ2n) is 10.8. The Balaban J connectivity index is 1.52. The van der Waals surface area contributed by atoms with E-state index in [2.05, 4.69) is 78.9 Å². The summed E-state index contributed by atoms with van der Waals surface area (Å²) in [7, 11) is 2.18. The lowest BCUT2D eigenvalue weighted by Gasteiger charge is -2.43. The number of aromatic nitrogens is 2. The zero-order valence-electron chi connectivity index (χ0n) is 21.7. The molecule has 186 valence electrons. The largest absolute Gasteiger partial charge is 0.368 e. The Labute approximate surface area is 213 Å². The first kappa shape index (κ1) is 25.3. The van der Waals surface area contributed by atoms with Crippen LogP contribution in [0, 0.1) is 6.92 Å². The molecule has 1 fully saturated rings. The van der Waals surface area contributed by atoms with Crippen molar-refractivity contribution in [2.75, 3.05) is 30.4 Å². The van der Waals surface area contributed by atoms with Crippen LogP contribution in [-0.2, 0) is 5.41 Å². The van der Waals surface area contributed by atoms with Crippen molar-refractivity contribution in [2.24, 2.45) is 0 Å². The lowest BCUT2D eigenvalue weighted by atomic mass is 9.93. The Morgan fingerprint density at radius 2 is 1.80 bits per heavy atom. The molecule has 2 atom stereocenters. The van der Waals surface area contributed by atoms with Crippen LogP contribution in [0.15, 0.2) is 42.6 Å². The van der Waals surface area contributed by atoms with Gasteiger partial charge in [-0.25, -0.2) is 4.98 Å². The number of anilines is 2. The molecule has 7 heteroatoms. The molecule has 0 bridgehead atoms. The first-order chi connectivity index (χ1) is 16.4. The average Bonchev–Trinajstić information content (AvgIpc) is 3.29. The zero-order valence-corrected chi connectivity index (χ0v) is 22.5. The topological polar surface area (TPSA) is 64.3 Å². The number of H-pyrrole nitrogens is 1. The number of rotatable bonds is 4. The molecule has 1 aliphatic rings. The van der Waals surface area contributed by atoms with Gasteiger partial charge in [0.15, 0.2) is 0 Å². The van der Waals surface area contributed by atoms with Crippen LogP contribution < -0.4 is 10.2 Å². The SMILES string of the molecule is Cc1cc(N2C[C@@H](C)N(C)[C@@H](C)C2)ccc1C(=O)Nc1ccc(Cl)c(-c2ncc(C(C)(C)C)[nH]2)c1. The van der Waals surface area contributed by atoms with Gasteiger partial charge in [-0.2, -0.15) is 0 Å². The molecule has 2 heterocycles. The Bertz CT molecular complexity index is 1220. The standard InChI is InChI=1S/C28H36ClN5O/c1-17-12-21(34-15-18(2)33(7)19(3)16-34)9-10-22(17)27(35)31-20-8-11-24(29)23(13-20)26-30-14-25(32-26)28(4,5)6/h8-14,18-19H,15-16H2,1-7H3,(H,30,32)(H,31,35)/t18-,19+. The van der Waals surface area contributed by atoms with E-state index in [0.29, 0.717) is 34.2 Å². The van der Waals surface area contributed by atoms with Crippen molar-refractivity contribution in [1.82, 2.24) is 14.9 Å². The quantitative estimate of drug-likeness (QED) is 0.459. The molecule has 35 heavy (non-hydrogen) atoms. The number of likely N-dealkylation sites (N-methyl/N-ethyl adjacent to an activating group) is 1. The van der Waals surface area contributed by atoms with Gasteiger partial charge in [-0.1, -0.05) is 32.4 Å². The Morgan fingerprint density at radius 3 is 2.40 bits per heavy atom. The molecule has 4 rings (SSSR count). The molecular formula is C28H36ClN5O. The van der Waals surface area contributed by atoms with Gasteiger partial charge in [-0.05, 0) is 69.8 Å². The molecule has 2 aromatic carbocycles. The molecule has 0 unspecified atom stereocenters. The molecule has 1 aliphatic heterocycles. The summed E-state index contributed by atoms with van der Waals surface area (Å²) in [6, 6.07) is 12.5. The summed E-state index contributed by atoms with van der Waals surface area (Å²) in [5.74, 6) is 0.546. The number of hydrogen-bond donors (Lipinski definition) is 2. The maximum absolute atomic E-state index is 13.2. The minimum Gasteiger partial charge on any atom is -0.368 e. The van der Waals surface area contributed by atoms with Gasteiger partial charge < -0.3 is 15.2 Å². The van der Waals surface area contributed by atoms with Gasteiger partial charge in [0.2, 0.25) is 0 Å². The van der Waals surface area contributed by atoms with E-state index in [1.54, 1.807) is 6.07 Å². The summed E-state index contributed by atoms with van der Waals surface area (Å²) >= 11 is 6.47. The number of carbonyl (C=O) groups is 1. The fourth-order valence-electron chi connectivity index (χ4n) is 4.54. The van der Waals surface area contributed by atoms with Crippen molar-refractivity contribution in [2.45, 2.75) is 59.0 Å². The molecule has 3 aromatic rings. The highest BCUT2D eigenvalue weighted by Crippen LogP contribution is 2.31. The van der Waals surface area contributed by atoms with Gasteiger partial charge in [0.05, 0.1) is 5.02 Å². The van der Waals surface area contributed by atoms with Crippen LogP contribution >= 0.6 is 11.6 Å². The maximum Gasteiger partial charge on any atom is 0.255 e. The Hall–Kier alpha value is -2.83. The fourth-order valence-corrected chi connectivity index (χ4v) is 4.74. The molecule has 1 amide bonds. The fraction of sp³-hybridized carbons (Fsp3) is 0.429. The van der Waals surface area contributed by atoms with E-state index in [0.717, 1.165) is 35.6 Å². The van der Waals surface area contributed by atoms with Crippen LogP contribution in [0.3, 0.4) is 0 Å². The van der Waals surface area contributed by atoms with Gasteiger partial charge in [-0.3, -0.25) is 9.69 Å². The van der Waals surface area contributed by atoms with Gasteiger partial charge in [-0.15, -0.1) is 0 Å². The highest BCUT2D eigenvalue weighted by molar-refractivity contribution is 6.33. The van der Waals surface area contributed by atoms with Crippen molar-refractivity contribution in [3.8, 4) is 11.4 Å². The summed E-state index contributed by atoms with van der Waals surface area (Å²) in [5, 5.41) is 3.61. The van der Waals surface area contributed by atoms with E-state index < -0.39 is 0 Å². The van der Waals surface area contributed by atoms with Crippen molar-refractivity contribution in [3.63, 3.8) is 0 Å². The Morgan fingerprint density at radius 1 is 1.11 bits per heavy atom. The molecule has 1 aromatic heterocycles. The second kappa shape index (κ2) is 9.67. The third kappa shape index (κ3) is 5.39. The van der Waals surface area contributed by atoms with Crippen molar-refractivity contribution >= 4 is 28.9 Å². The predicted molar refractivity (Wildman–Crippen MR) is 146 cm³/mol. The van der Waals surface area contributed by atoms with Gasteiger partial charge >= 0.3 is 0 Å². The lowest BCUT2D eigenvalue weighted by Crippen LogP contribution is -2.55. The first-order valence-electron chi connectivity index (χ1n) is 12.2. The number of hydrogen-bond acceptors (Lipinski definition) is 4. The number of imidazole rings is 1. The molecule has 0 aliphatic carbocycles. The number of aromatic amines is 1. The second-order valence-corrected chi connectivity index (χ2v) is 11.2. The molecule has 0 radical (unpaired) electrons. The minimum absolute atomic E-state index is 0.0482. The number of nitrogens with zero attached hydrogens (tertiary/aromatic N) is 3. The third-order valence-corrected chi connectivity index (χ3v) is 7.37. The number of nitrogens with one attached hydrogen (secondary N) is 2. The number of aryl methyl sites for hydroxylation is 1. The van der Waals surface area contributed by atoms with Crippen LogP contribution in [0.2, 0.25) is 5.02 Å². The van der Waals surface area contributed by atoms with Crippen LogP contribution in [-0.4, -0.2) is 53.0 Å². The van der Waals surface area contributed by atoms with E-state index in [4.69, 9.17) is 11.6 Å². The summed E-state index contributed by atoms with van der Waals surface area (Å²) in [6.07, 6.45) is 1.84. The lowest BCUT2D eigenvalue weighted by molar-refractivity contribution is 0.102. The maximum atomic E-state index is 13.2. The average molecular weight is 494 g/mol. The van der Waals surface area contributed by atoms with Crippen LogP contribution in [0.4, 0.5) is 11.4 Å². The molecule has 0 saturated carbocycles.